The van der Waals surface area contributed by atoms with Gasteiger partial charge in [-0.1, -0.05) is 6.92 Å². The van der Waals surface area contributed by atoms with Gasteiger partial charge in [0.2, 0.25) is 0 Å². The zero-order valence-electron chi connectivity index (χ0n) is 11.9. The van der Waals surface area contributed by atoms with Gasteiger partial charge in [-0.25, -0.2) is 9.37 Å². The number of hydrogen-bond acceptors (Lipinski definition) is 3. The molecule has 2 rings (SSSR count). The van der Waals surface area contributed by atoms with E-state index in [2.05, 4.69) is 17.2 Å². The number of rotatable bonds is 4. The number of hydrogen-bond donors (Lipinski definition) is 2. The zero-order chi connectivity index (χ0) is 15.5. The third kappa shape index (κ3) is 3.56. The molecule has 0 radical (unpaired) electrons. The first-order valence-corrected chi connectivity index (χ1v) is 7.06. The van der Waals surface area contributed by atoms with Gasteiger partial charge in [0.05, 0.1) is 11.6 Å². The number of nitrogens with zero attached hydrogens (tertiary/aromatic N) is 1. The number of halogens is 1. The molecule has 1 fully saturated rings. The van der Waals surface area contributed by atoms with Crippen molar-refractivity contribution in [1.82, 2.24) is 10.3 Å². The van der Waals surface area contributed by atoms with Gasteiger partial charge in [-0.3, -0.25) is 9.59 Å². The molecule has 1 amide bonds. The Balaban J connectivity index is 2.00. The van der Waals surface area contributed by atoms with Crippen LogP contribution in [-0.4, -0.2) is 28.5 Å². The smallest absolute Gasteiger partial charge is 0.311 e. The molecule has 1 aliphatic carbocycles. The SMILES string of the molecule is CC1CCC(CNC(=O)c2ccc(F)cn2)(C(=O)O)CC1. The maximum absolute atomic E-state index is 12.8. The fraction of sp³-hybridized carbons (Fsp3) is 0.533. The van der Waals surface area contributed by atoms with Crippen LogP contribution in [0, 0.1) is 17.2 Å². The van der Waals surface area contributed by atoms with Gasteiger partial charge in [0.15, 0.2) is 0 Å². The van der Waals surface area contributed by atoms with Crippen molar-refractivity contribution < 1.29 is 19.1 Å². The second kappa shape index (κ2) is 6.20. The minimum absolute atomic E-state index is 0.0763. The average molecular weight is 294 g/mol. The molecule has 21 heavy (non-hydrogen) atoms. The van der Waals surface area contributed by atoms with E-state index in [1.807, 2.05) is 0 Å². The molecular weight excluding hydrogens is 275 g/mol. The summed E-state index contributed by atoms with van der Waals surface area (Å²) < 4.78 is 12.8. The third-order valence-electron chi connectivity index (χ3n) is 4.23. The van der Waals surface area contributed by atoms with Crippen LogP contribution in [0.25, 0.3) is 0 Å². The first-order valence-electron chi connectivity index (χ1n) is 7.06. The van der Waals surface area contributed by atoms with Crippen LogP contribution in [0.2, 0.25) is 0 Å². The lowest BCUT2D eigenvalue weighted by atomic mass is 9.71. The number of carboxylic acid groups (broad SMARTS) is 1. The van der Waals surface area contributed by atoms with Gasteiger partial charge < -0.3 is 10.4 Å². The fourth-order valence-electron chi connectivity index (χ4n) is 2.63. The molecule has 1 aromatic heterocycles. The lowest BCUT2D eigenvalue weighted by Crippen LogP contribution is -2.45. The van der Waals surface area contributed by atoms with E-state index in [1.165, 1.54) is 6.07 Å². The summed E-state index contributed by atoms with van der Waals surface area (Å²) in [6, 6.07) is 2.43. The van der Waals surface area contributed by atoms with E-state index in [9.17, 15) is 19.1 Å². The molecule has 0 aliphatic heterocycles. The third-order valence-corrected chi connectivity index (χ3v) is 4.23. The Morgan fingerprint density at radius 1 is 1.43 bits per heavy atom. The average Bonchev–Trinajstić information content (AvgIpc) is 2.47. The molecule has 1 aliphatic rings. The zero-order valence-corrected chi connectivity index (χ0v) is 11.9. The summed E-state index contributed by atoms with van der Waals surface area (Å²) in [5.41, 5.74) is -0.816. The van der Waals surface area contributed by atoms with E-state index in [0.29, 0.717) is 18.8 Å². The highest BCUT2D eigenvalue weighted by Crippen LogP contribution is 2.38. The van der Waals surface area contributed by atoms with Crippen molar-refractivity contribution in [3.63, 3.8) is 0 Å². The van der Waals surface area contributed by atoms with Crippen LogP contribution in [0.15, 0.2) is 18.3 Å². The lowest BCUT2D eigenvalue weighted by molar-refractivity contribution is -0.151. The number of aliphatic carboxylic acids is 1. The highest BCUT2D eigenvalue weighted by Gasteiger charge is 2.41. The molecule has 1 aromatic rings. The van der Waals surface area contributed by atoms with E-state index in [4.69, 9.17) is 0 Å². The van der Waals surface area contributed by atoms with Gasteiger partial charge in [-0.15, -0.1) is 0 Å². The van der Waals surface area contributed by atoms with Gasteiger partial charge in [0, 0.05) is 6.54 Å². The van der Waals surface area contributed by atoms with Crippen LogP contribution in [0.1, 0.15) is 43.1 Å². The van der Waals surface area contributed by atoms with Gasteiger partial charge >= 0.3 is 5.97 Å². The molecule has 0 bridgehead atoms. The molecule has 0 saturated heterocycles. The summed E-state index contributed by atoms with van der Waals surface area (Å²) in [5, 5.41) is 12.1. The van der Waals surface area contributed by atoms with E-state index < -0.39 is 23.1 Å². The number of pyridine rings is 1. The largest absolute Gasteiger partial charge is 0.481 e. The molecule has 0 atom stereocenters. The molecule has 1 heterocycles. The van der Waals surface area contributed by atoms with Gasteiger partial charge in [-0.05, 0) is 43.7 Å². The summed E-state index contributed by atoms with van der Waals surface area (Å²) in [5.74, 6) is -1.35. The van der Waals surface area contributed by atoms with Crippen molar-refractivity contribution in [2.24, 2.45) is 11.3 Å². The van der Waals surface area contributed by atoms with Crippen molar-refractivity contribution >= 4 is 11.9 Å². The second-order valence-electron chi connectivity index (χ2n) is 5.81. The number of carbonyl (C=O) groups is 2. The highest BCUT2D eigenvalue weighted by molar-refractivity contribution is 5.92. The van der Waals surface area contributed by atoms with Crippen LogP contribution in [-0.2, 0) is 4.79 Å². The molecule has 1 saturated carbocycles. The number of aromatic nitrogens is 1. The summed E-state index contributed by atoms with van der Waals surface area (Å²) >= 11 is 0. The molecule has 2 N–H and O–H groups in total. The Hall–Kier alpha value is -1.98. The Labute approximate surface area is 122 Å². The number of nitrogens with one attached hydrogen (secondary N) is 1. The van der Waals surface area contributed by atoms with E-state index in [0.717, 1.165) is 25.1 Å². The van der Waals surface area contributed by atoms with Crippen molar-refractivity contribution in [2.75, 3.05) is 6.54 Å². The monoisotopic (exact) mass is 294 g/mol. The highest BCUT2D eigenvalue weighted by atomic mass is 19.1. The lowest BCUT2D eigenvalue weighted by Gasteiger charge is -2.35. The molecule has 6 heteroatoms. The summed E-state index contributed by atoms with van der Waals surface area (Å²) in [6.45, 7) is 2.18. The molecular formula is C15H19FN2O3. The fourth-order valence-corrected chi connectivity index (χ4v) is 2.63. The van der Waals surface area contributed by atoms with Gasteiger partial charge in [0.1, 0.15) is 11.5 Å². The Bertz CT molecular complexity index is 522. The van der Waals surface area contributed by atoms with Crippen molar-refractivity contribution in [2.45, 2.75) is 32.6 Å². The summed E-state index contributed by atoms with van der Waals surface area (Å²) in [4.78, 5) is 27.2. The predicted octanol–water partition coefficient (Wildman–Crippen LogP) is 2.23. The minimum atomic E-state index is -0.901. The van der Waals surface area contributed by atoms with E-state index >= 15 is 0 Å². The van der Waals surface area contributed by atoms with Crippen LogP contribution >= 0.6 is 0 Å². The number of amides is 1. The quantitative estimate of drug-likeness (QED) is 0.892. The summed E-state index contributed by atoms with van der Waals surface area (Å²) in [6.07, 6.45) is 3.76. The standard InChI is InChI=1S/C15H19FN2O3/c1-10-4-6-15(7-5-10,14(20)21)9-18-13(19)12-3-2-11(16)8-17-12/h2-3,8,10H,4-7,9H2,1H3,(H,18,19)(H,20,21). The predicted molar refractivity (Wildman–Crippen MR) is 74.2 cm³/mol. The minimum Gasteiger partial charge on any atom is -0.481 e. The first kappa shape index (κ1) is 15.4. The molecule has 0 spiro atoms. The second-order valence-corrected chi connectivity index (χ2v) is 5.81. The normalized spacial score (nSPS) is 25.3. The summed E-state index contributed by atoms with van der Waals surface area (Å²) in [7, 11) is 0. The molecule has 0 unspecified atom stereocenters. The maximum Gasteiger partial charge on any atom is 0.311 e. The number of carbonyl (C=O) groups excluding carboxylic acids is 1. The van der Waals surface area contributed by atoms with Gasteiger partial charge in [-0.2, -0.15) is 0 Å². The topological polar surface area (TPSA) is 79.3 Å². The Morgan fingerprint density at radius 2 is 2.10 bits per heavy atom. The molecule has 0 aromatic carbocycles. The van der Waals surface area contributed by atoms with Crippen LogP contribution in [0.5, 0.6) is 0 Å². The van der Waals surface area contributed by atoms with Crippen molar-refractivity contribution in [1.29, 1.82) is 0 Å². The van der Waals surface area contributed by atoms with Crippen LogP contribution < -0.4 is 5.32 Å². The Kier molecular flexibility index (Phi) is 4.55. The first-order chi connectivity index (χ1) is 9.93. The van der Waals surface area contributed by atoms with Crippen LogP contribution in [0.4, 0.5) is 4.39 Å². The van der Waals surface area contributed by atoms with Gasteiger partial charge in [0.25, 0.3) is 5.91 Å². The molecule has 5 nitrogen and oxygen atoms in total. The van der Waals surface area contributed by atoms with Crippen LogP contribution in [0.3, 0.4) is 0 Å². The van der Waals surface area contributed by atoms with E-state index in [-0.39, 0.29) is 12.2 Å². The maximum atomic E-state index is 12.8. The Morgan fingerprint density at radius 3 is 2.62 bits per heavy atom. The number of carboxylic acids is 1. The van der Waals surface area contributed by atoms with Crippen molar-refractivity contribution in [3.05, 3.63) is 29.8 Å². The molecule has 114 valence electrons. The van der Waals surface area contributed by atoms with E-state index in [1.54, 1.807) is 0 Å². The van der Waals surface area contributed by atoms with Crippen molar-refractivity contribution in [3.8, 4) is 0 Å².